The summed E-state index contributed by atoms with van der Waals surface area (Å²) in [6, 6.07) is 2.15. The third-order valence-corrected chi connectivity index (χ3v) is 3.53. The van der Waals surface area contributed by atoms with Crippen LogP contribution in [0.5, 0.6) is 5.75 Å². The third-order valence-electron chi connectivity index (χ3n) is 2.51. The Hall–Kier alpha value is -2.34. The average molecular weight is 341 g/mol. The van der Waals surface area contributed by atoms with Crippen LogP contribution in [0.25, 0.3) is 0 Å². The molecular formula is C10H9F2NO8S. The van der Waals surface area contributed by atoms with Crippen molar-refractivity contribution in [1.82, 2.24) is 0 Å². The molecule has 0 saturated carbocycles. The number of carbonyl (C=O) groups is 1. The maximum atomic E-state index is 13.2. The number of esters is 1. The first-order valence-electron chi connectivity index (χ1n) is 5.41. The van der Waals surface area contributed by atoms with Crippen molar-refractivity contribution < 1.29 is 41.3 Å². The molecule has 0 radical (unpaired) electrons. The Morgan fingerprint density at radius 3 is 2.41 bits per heavy atom. The molecule has 22 heavy (non-hydrogen) atoms. The van der Waals surface area contributed by atoms with Gasteiger partial charge in [-0.25, -0.2) is 4.79 Å². The number of benzene rings is 1. The van der Waals surface area contributed by atoms with Gasteiger partial charge in [-0.3, -0.25) is 14.7 Å². The van der Waals surface area contributed by atoms with Gasteiger partial charge in [-0.15, -0.1) is 0 Å². The number of rotatable bonds is 5. The Labute approximate surface area is 122 Å². The number of phenolic OH excluding ortho intramolecular Hbond substituents is 1. The quantitative estimate of drug-likeness (QED) is 0.353. The lowest BCUT2D eigenvalue weighted by Crippen LogP contribution is -2.42. The number of ether oxygens (including phenoxy) is 1. The number of halogens is 2. The molecule has 1 aromatic rings. The molecule has 1 rings (SSSR count). The van der Waals surface area contributed by atoms with Crippen LogP contribution in [-0.2, 0) is 14.9 Å². The molecule has 0 fully saturated rings. The first-order chi connectivity index (χ1) is 9.87. The number of hydrogen-bond donors (Lipinski definition) is 2. The molecule has 2 N–H and O–H groups in total. The predicted molar refractivity (Wildman–Crippen MR) is 66.1 cm³/mol. The van der Waals surface area contributed by atoms with Gasteiger partial charge in [0.2, 0.25) is 0 Å². The lowest BCUT2D eigenvalue weighted by Gasteiger charge is -2.20. The second-order valence-corrected chi connectivity index (χ2v) is 5.54. The van der Waals surface area contributed by atoms with Crippen LogP contribution in [0.4, 0.5) is 14.5 Å². The minimum atomic E-state index is -5.80. The van der Waals surface area contributed by atoms with E-state index in [0.29, 0.717) is 13.0 Å². The van der Waals surface area contributed by atoms with Crippen LogP contribution in [0.3, 0.4) is 0 Å². The third kappa shape index (κ3) is 3.46. The van der Waals surface area contributed by atoms with Gasteiger partial charge in [-0.2, -0.15) is 17.2 Å². The highest BCUT2D eigenvalue weighted by molar-refractivity contribution is 7.86. The predicted octanol–water partition coefficient (Wildman–Crippen LogP) is 1.33. The van der Waals surface area contributed by atoms with Gasteiger partial charge in [0.15, 0.2) is 11.9 Å². The zero-order valence-electron chi connectivity index (χ0n) is 10.8. The summed E-state index contributed by atoms with van der Waals surface area (Å²) in [4.78, 5) is 21.1. The van der Waals surface area contributed by atoms with Gasteiger partial charge in [0.25, 0.3) is 0 Å². The fourth-order valence-electron chi connectivity index (χ4n) is 1.31. The zero-order chi connectivity index (χ0) is 17.3. The molecule has 0 aliphatic carbocycles. The second-order valence-electron chi connectivity index (χ2n) is 4.05. The topological polar surface area (TPSA) is 144 Å². The summed E-state index contributed by atoms with van der Waals surface area (Å²) in [5, 5.41) is 15.0. The molecule has 0 bridgehead atoms. The number of nitro benzene ring substituents is 1. The minimum Gasteiger partial charge on any atom is -0.502 e. The van der Waals surface area contributed by atoms with E-state index >= 15 is 0 Å². The van der Waals surface area contributed by atoms with E-state index in [2.05, 4.69) is 4.74 Å². The van der Waals surface area contributed by atoms with Crippen molar-refractivity contribution in [2.24, 2.45) is 0 Å². The second kappa shape index (κ2) is 5.81. The fourth-order valence-corrected chi connectivity index (χ4v) is 1.78. The van der Waals surface area contributed by atoms with Gasteiger partial charge in [0.1, 0.15) is 0 Å². The molecular weight excluding hydrogens is 332 g/mol. The Morgan fingerprint density at radius 2 is 2.00 bits per heavy atom. The van der Waals surface area contributed by atoms with Crippen molar-refractivity contribution in [2.75, 3.05) is 0 Å². The number of aromatic hydroxyl groups is 1. The summed E-state index contributed by atoms with van der Waals surface area (Å²) in [7, 11) is -5.80. The highest BCUT2D eigenvalue weighted by atomic mass is 32.2. The molecule has 0 aliphatic heterocycles. The molecule has 1 unspecified atom stereocenters. The molecule has 0 saturated heterocycles. The summed E-state index contributed by atoms with van der Waals surface area (Å²) < 4.78 is 59.9. The summed E-state index contributed by atoms with van der Waals surface area (Å²) >= 11 is 0. The first-order valence-corrected chi connectivity index (χ1v) is 6.85. The van der Waals surface area contributed by atoms with E-state index in [4.69, 9.17) is 4.55 Å². The van der Waals surface area contributed by atoms with Crippen LogP contribution in [0.1, 0.15) is 17.3 Å². The molecule has 1 atom stereocenters. The van der Waals surface area contributed by atoms with Gasteiger partial charge in [-0.1, -0.05) is 0 Å². The van der Waals surface area contributed by atoms with E-state index in [-0.39, 0.29) is 0 Å². The monoisotopic (exact) mass is 341 g/mol. The maximum absolute atomic E-state index is 13.2. The summed E-state index contributed by atoms with van der Waals surface area (Å²) in [5.41, 5.74) is -1.26. The van der Waals surface area contributed by atoms with E-state index < -0.39 is 49.4 Å². The number of alkyl halides is 2. The molecule has 0 aromatic heterocycles. The molecule has 9 nitrogen and oxygen atoms in total. The van der Waals surface area contributed by atoms with Gasteiger partial charge < -0.3 is 9.84 Å². The standard InChI is InChI=1S/C10H9F2NO8S/c1-5(10(11,12)22(18,19)20)21-9(15)6-2-3-7(13(16)17)8(14)4-6/h2-5,14H,1H3,(H,18,19,20). The maximum Gasteiger partial charge on any atom is 0.405 e. The largest absolute Gasteiger partial charge is 0.502 e. The number of hydrogen-bond acceptors (Lipinski definition) is 7. The summed E-state index contributed by atoms with van der Waals surface area (Å²) in [6.07, 6.45) is -2.53. The first kappa shape index (κ1) is 17.7. The molecule has 12 heteroatoms. The van der Waals surface area contributed by atoms with Gasteiger partial charge >= 0.3 is 27.0 Å². The van der Waals surface area contributed by atoms with Crippen molar-refractivity contribution in [3.8, 4) is 5.75 Å². The van der Waals surface area contributed by atoms with Crippen molar-refractivity contribution >= 4 is 21.8 Å². The highest BCUT2D eigenvalue weighted by Crippen LogP contribution is 2.29. The van der Waals surface area contributed by atoms with Crippen LogP contribution in [0.2, 0.25) is 0 Å². The Kier molecular flexibility index (Phi) is 4.67. The number of phenols is 1. The van der Waals surface area contributed by atoms with E-state index in [9.17, 15) is 37.2 Å². The number of carbonyl (C=O) groups excluding carboxylic acids is 1. The molecule has 0 amide bonds. The van der Waals surface area contributed by atoms with Gasteiger partial charge in [-0.05, 0) is 13.0 Å². The van der Waals surface area contributed by atoms with Crippen LogP contribution in [0, 0.1) is 10.1 Å². The lowest BCUT2D eigenvalue weighted by molar-refractivity contribution is -0.385. The summed E-state index contributed by atoms with van der Waals surface area (Å²) in [5.74, 6) is -2.38. The SMILES string of the molecule is CC(OC(=O)c1ccc([N+](=O)[O-])c(O)c1)C(F)(F)S(=O)(=O)O. The molecule has 122 valence electrons. The van der Waals surface area contributed by atoms with E-state index in [1.807, 2.05) is 0 Å². The van der Waals surface area contributed by atoms with Crippen LogP contribution in [-0.4, -0.2) is 40.3 Å². The minimum absolute atomic E-state index is 0.525. The van der Waals surface area contributed by atoms with Crippen molar-refractivity contribution in [3.63, 3.8) is 0 Å². The van der Waals surface area contributed by atoms with Crippen LogP contribution in [0.15, 0.2) is 18.2 Å². The van der Waals surface area contributed by atoms with Crippen molar-refractivity contribution in [2.45, 2.75) is 18.3 Å². The van der Waals surface area contributed by atoms with Crippen molar-refractivity contribution in [1.29, 1.82) is 0 Å². The lowest BCUT2D eigenvalue weighted by atomic mass is 10.2. The van der Waals surface area contributed by atoms with E-state index in [0.717, 1.165) is 12.1 Å². The Morgan fingerprint density at radius 1 is 1.45 bits per heavy atom. The smallest absolute Gasteiger partial charge is 0.405 e. The van der Waals surface area contributed by atoms with Gasteiger partial charge in [0, 0.05) is 12.1 Å². The number of nitro groups is 1. The zero-order valence-corrected chi connectivity index (χ0v) is 11.6. The van der Waals surface area contributed by atoms with E-state index in [1.165, 1.54) is 0 Å². The molecule has 0 spiro atoms. The summed E-state index contributed by atoms with van der Waals surface area (Å²) in [6.45, 7) is 0.525. The normalized spacial score (nSPS) is 13.5. The van der Waals surface area contributed by atoms with Crippen LogP contribution < -0.4 is 0 Å². The molecule has 1 aromatic carbocycles. The Balaban J connectivity index is 3.00. The fraction of sp³-hybridized carbons (Fsp3) is 0.300. The molecule has 0 aliphatic rings. The van der Waals surface area contributed by atoms with Crippen LogP contribution >= 0.6 is 0 Å². The highest BCUT2D eigenvalue weighted by Gasteiger charge is 2.52. The van der Waals surface area contributed by atoms with Gasteiger partial charge in [0.05, 0.1) is 10.5 Å². The number of nitrogens with zero attached hydrogens (tertiary/aromatic N) is 1. The van der Waals surface area contributed by atoms with Crippen molar-refractivity contribution in [3.05, 3.63) is 33.9 Å². The Bertz CT molecular complexity index is 718. The average Bonchev–Trinajstić information content (AvgIpc) is 2.36. The molecule has 0 heterocycles. The van der Waals surface area contributed by atoms with E-state index in [1.54, 1.807) is 0 Å².